The van der Waals surface area contributed by atoms with Crippen LogP contribution in [0.4, 0.5) is 5.82 Å². The van der Waals surface area contributed by atoms with Crippen molar-refractivity contribution in [1.29, 1.82) is 0 Å². The van der Waals surface area contributed by atoms with E-state index in [0.717, 1.165) is 18.5 Å². The second-order valence-corrected chi connectivity index (χ2v) is 3.93. The highest BCUT2D eigenvalue weighted by molar-refractivity contribution is 7.09. The third kappa shape index (κ3) is 2.09. The van der Waals surface area contributed by atoms with E-state index in [4.69, 9.17) is 5.73 Å². The quantitative estimate of drug-likeness (QED) is 0.781. The maximum Gasteiger partial charge on any atom is 0.145 e. The van der Waals surface area contributed by atoms with Crippen LogP contribution in [0.2, 0.25) is 0 Å². The number of anilines is 1. The summed E-state index contributed by atoms with van der Waals surface area (Å²) in [4.78, 5) is 1.40. The Balaban J connectivity index is 1.93. The number of rotatable bonds is 3. The molecule has 0 aliphatic carbocycles. The predicted octanol–water partition coefficient (Wildman–Crippen LogP) is 1.84. The summed E-state index contributed by atoms with van der Waals surface area (Å²) in [6.07, 6.45) is 2.03. The van der Waals surface area contributed by atoms with Crippen molar-refractivity contribution in [3.05, 3.63) is 34.2 Å². The molecule has 68 valence electrons. The topological polar surface area (TPSA) is 54.7 Å². The first-order valence-electron chi connectivity index (χ1n) is 4.17. The Hall–Kier alpha value is -1.29. The van der Waals surface area contributed by atoms with E-state index in [0.29, 0.717) is 5.82 Å². The number of aromatic amines is 1. The summed E-state index contributed by atoms with van der Waals surface area (Å²) < 4.78 is 0. The highest BCUT2D eigenvalue weighted by Crippen LogP contribution is 2.12. The summed E-state index contributed by atoms with van der Waals surface area (Å²) in [7, 11) is 0. The van der Waals surface area contributed by atoms with E-state index < -0.39 is 0 Å². The lowest BCUT2D eigenvalue weighted by molar-refractivity contribution is 0.905. The minimum atomic E-state index is 0.571. The van der Waals surface area contributed by atoms with Crippen LogP contribution in [-0.2, 0) is 12.8 Å². The van der Waals surface area contributed by atoms with Gasteiger partial charge in [0.1, 0.15) is 5.82 Å². The molecule has 0 saturated heterocycles. The van der Waals surface area contributed by atoms with Crippen LogP contribution >= 0.6 is 11.3 Å². The number of thiophene rings is 1. The fraction of sp³-hybridized carbons (Fsp3) is 0.222. The van der Waals surface area contributed by atoms with Gasteiger partial charge in [0.2, 0.25) is 0 Å². The van der Waals surface area contributed by atoms with Crippen molar-refractivity contribution in [2.75, 3.05) is 5.73 Å². The third-order valence-electron chi connectivity index (χ3n) is 1.87. The van der Waals surface area contributed by atoms with Crippen molar-refractivity contribution < 1.29 is 0 Å². The third-order valence-corrected chi connectivity index (χ3v) is 2.81. The molecule has 2 heterocycles. The maximum atomic E-state index is 5.49. The minimum Gasteiger partial charge on any atom is -0.382 e. The molecule has 13 heavy (non-hydrogen) atoms. The molecule has 0 saturated carbocycles. The Morgan fingerprint density at radius 1 is 1.46 bits per heavy atom. The normalized spacial score (nSPS) is 10.5. The van der Waals surface area contributed by atoms with Crippen LogP contribution in [0.25, 0.3) is 0 Å². The first-order chi connectivity index (χ1) is 6.34. The molecule has 0 atom stereocenters. The van der Waals surface area contributed by atoms with E-state index in [1.807, 2.05) is 6.07 Å². The number of nitrogens with one attached hydrogen (secondary N) is 1. The molecule has 0 aliphatic heterocycles. The van der Waals surface area contributed by atoms with E-state index in [1.54, 1.807) is 11.3 Å². The van der Waals surface area contributed by atoms with Gasteiger partial charge in [0.25, 0.3) is 0 Å². The number of nitrogen functional groups attached to an aromatic ring is 1. The fourth-order valence-corrected chi connectivity index (χ4v) is 1.93. The van der Waals surface area contributed by atoms with Crippen molar-refractivity contribution in [3.8, 4) is 0 Å². The molecule has 2 aromatic rings. The second-order valence-electron chi connectivity index (χ2n) is 2.90. The first kappa shape index (κ1) is 8.31. The Morgan fingerprint density at radius 3 is 3.00 bits per heavy atom. The Morgan fingerprint density at radius 2 is 2.38 bits per heavy atom. The molecule has 2 aromatic heterocycles. The van der Waals surface area contributed by atoms with Gasteiger partial charge in [-0.25, -0.2) is 0 Å². The van der Waals surface area contributed by atoms with Gasteiger partial charge in [-0.15, -0.1) is 11.3 Å². The zero-order chi connectivity index (χ0) is 9.10. The number of H-pyrrole nitrogens is 1. The van der Waals surface area contributed by atoms with Crippen molar-refractivity contribution >= 4 is 17.2 Å². The molecule has 0 unspecified atom stereocenters. The summed E-state index contributed by atoms with van der Waals surface area (Å²) in [5.41, 5.74) is 6.59. The van der Waals surface area contributed by atoms with Gasteiger partial charge < -0.3 is 5.73 Å². The Bertz CT molecular complexity index is 364. The molecule has 0 aliphatic rings. The number of nitrogens with zero attached hydrogens (tertiary/aromatic N) is 1. The van der Waals surface area contributed by atoms with Gasteiger partial charge in [0.05, 0.1) is 0 Å². The van der Waals surface area contributed by atoms with Crippen LogP contribution in [0.1, 0.15) is 10.6 Å². The molecule has 0 aromatic carbocycles. The van der Waals surface area contributed by atoms with Gasteiger partial charge >= 0.3 is 0 Å². The lowest BCUT2D eigenvalue weighted by Gasteiger charge is -1.93. The summed E-state index contributed by atoms with van der Waals surface area (Å²) in [6, 6.07) is 6.10. The summed E-state index contributed by atoms with van der Waals surface area (Å²) in [6.45, 7) is 0. The SMILES string of the molecule is Nc1cc(CCc2cccs2)[nH]n1. The van der Waals surface area contributed by atoms with Crippen LogP contribution in [-0.4, -0.2) is 10.2 Å². The van der Waals surface area contributed by atoms with Gasteiger partial charge in [0, 0.05) is 16.6 Å². The minimum absolute atomic E-state index is 0.571. The van der Waals surface area contributed by atoms with Gasteiger partial charge in [0.15, 0.2) is 0 Å². The monoisotopic (exact) mass is 193 g/mol. The van der Waals surface area contributed by atoms with Gasteiger partial charge in [-0.2, -0.15) is 5.10 Å². The zero-order valence-corrected chi connectivity index (χ0v) is 7.97. The molecule has 0 radical (unpaired) electrons. The van der Waals surface area contributed by atoms with Crippen LogP contribution in [0.3, 0.4) is 0 Å². The van der Waals surface area contributed by atoms with Crippen molar-refractivity contribution in [2.24, 2.45) is 0 Å². The first-order valence-corrected chi connectivity index (χ1v) is 5.05. The smallest absolute Gasteiger partial charge is 0.145 e. The average molecular weight is 193 g/mol. The van der Waals surface area contributed by atoms with E-state index in [2.05, 4.69) is 27.7 Å². The van der Waals surface area contributed by atoms with Crippen molar-refractivity contribution in [3.63, 3.8) is 0 Å². The highest BCUT2D eigenvalue weighted by Gasteiger charge is 1.99. The van der Waals surface area contributed by atoms with Crippen LogP contribution in [0, 0.1) is 0 Å². The van der Waals surface area contributed by atoms with Crippen LogP contribution in [0.15, 0.2) is 23.6 Å². The van der Waals surface area contributed by atoms with Crippen LogP contribution in [0.5, 0.6) is 0 Å². The lowest BCUT2D eigenvalue weighted by atomic mass is 10.2. The highest BCUT2D eigenvalue weighted by atomic mass is 32.1. The molecule has 0 spiro atoms. The maximum absolute atomic E-state index is 5.49. The van der Waals surface area contributed by atoms with E-state index in [1.165, 1.54) is 4.88 Å². The molecular formula is C9H11N3S. The number of hydrogen-bond donors (Lipinski definition) is 2. The molecule has 4 heteroatoms. The van der Waals surface area contributed by atoms with E-state index >= 15 is 0 Å². The van der Waals surface area contributed by atoms with Crippen molar-refractivity contribution in [1.82, 2.24) is 10.2 Å². The summed E-state index contributed by atoms with van der Waals surface area (Å²) >= 11 is 1.78. The Labute approximate surface area is 80.6 Å². The summed E-state index contributed by atoms with van der Waals surface area (Å²) in [5.74, 6) is 0.571. The van der Waals surface area contributed by atoms with Gasteiger partial charge in [-0.1, -0.05) is 6.07 Å². The number of aryl methyl sites for hydroxylation is 2. The largest absolute Gasteiger partial charge is 0.382 e. The molecule has 3 N–H and O–H groups in total. The lowest BCUT2D eigenvalue weighted by Crippen LogP contribution is -1.88. The number of aromatic nitrogens is 2. The predicted molar refractivity (Wildman–Crippen MR) is 54.7 cm³/mol. The van der Waals surface area contributed by atoms with Gasteiger partial charge in [-0.3, -0.25) is 5.10 Å². The second kappa shape index (κ2) is 3.62. The molecule has 3 nitrogen and oxygen atoms in total. The number of hydrogen-bond acceptors (Lipinski definition) is 3. The molecule has 0 amide bonds. The molecular weight excluding hydrogens is 182 g/mol. The molecule has 2 rings (SSSR count). The fourth-order valence-electron chi connectivity index (χ4n) is 1.22. The Kier molecular flexibility index (Phi) is 2.31. The standard InChI is InChI=1S/C9H11N3S/c10-9-6-7(11-12-9)3-4-8-2-1-5-13-8/h1-2,5-6H,3-4H2,(H3,10,11,12). The zero-order valence-electron chi connectivity index (χ0n) is 7.16. The van der Waals surface area contributed by atoms with E-state index in [9.17, 15) is 0 Å². The number of nitrogens with two attached hydrogens (primary N) is 1. The van der Waals surface area contributed by atoms with Crippen molar-refractivity contribution in [2.45, 2.75) is 12.8 Å². The van der Waals surface area contributed by atoms with E-state index in [-0.39, 0.29) is 0 Å². The average Bonchev–Trinajstić information content (AvgIpc) is 2.71. The summed E-state index contributed by atoms with van der Waals surface area (Å²) in [5, 5.41) is 8.86. The van der Waals surface area contributed by atoms with Crippen LogP contribution < -0.4 is 5.73 Å². The van der Waals surface area contributed by atoms with Gasteiger partial charge in [-0.05, 0) is 24.3 Å². The molecule has 0 fully saturated rings. The molecule has 0 bridgehead atoms.